The van der Waals surface area contributed by atoms with Gasteiger partial charge in [0.05, 0.1) is 10.7 Å². The summed E-state index contributed by atoms with van der Waals surface area (Å²) in [6.45, 7) is 9.98. The molecule has 1 amide bonds. The van der Waals surface area contributed by atoms with Crippen molar-refractivity contribution in [2.24, 2.45) is 0 Å². The minimum Gasteiger partial charge on any atom is -0.332 e. The van der Waals surface area contributed by atoms with Crippen LogP contribution in [0.3, 0.4) is 0 Å². The highest BCUT2D eigenvalue weighted by molar-refractivity contribution is 7.13. The number of hydrogen-bond acceptors (Lipinski definition) is 4. The summed E-state index contributed by atoms with van der Waals surface area (Å²) >= 11 is 1.57. The van der Waals surface area contributed by atoms with Crippen LogP contribution in [0.4, 0.5) is 0 Å². The number of hydrogen-bond donors (Lipinski definition) is 1. The number of carbonyl (C=O) groups excluding carboxylic acids is 1. The highest BCUT2D eigenvalue weighted by Crippen LogP contribution is 2.23. The van der Waals surface area contributed by atoms with Gasteiger partial charge in [-0.1, -0.05) is 6.92 Å². The van der Waals surface area contributed by atoms with Crippen LogP contribution in [0.15, 0.2) is 0 Å². The third-order valence-corrected chi connectivity index (χ3v) is 5.00. The molecule has 1 fully saturated rings. The molecule has 1 aliphatic heterocycles. The SMILES string of the molecule is CCCc1nc(C)c(C(=O)N2CCNC(C)C2C)s1.Cl.Cl. The van der Waals surface area contributed by atoms with Gasteiger partial charge in [0.1, 0.15) is 4.88 Å². The summed E-state index contributed by atoms with van der Waals surface area (Å²) in [4.78, 5) is 20.0. The Kier molecular flexibility index (Phi) is 8.78. The van der Waals surface area contributed by atoms with Crippen molar-refractivity contribution in [1.82, 2.24) is 15.2 Å². The Labute approximate surface area is 143 Å². The van der Waals surface area contributed by atoms with Gasteiger partial charge in [0.2, 0.25) is 0 Å². The van der Waals surface area contributed by atoms with E-state index in [1.165, 1.54) is 0 Å². The first-order valence-electron chi connectivity index (χ1n) is 7.05. The predicted molar refractivity (Wildman–Crippen MR) is 93.3 cm³/mol. The maximum absolute atomic E-state index is 12.7. The van der Waals surface area contributed by atoms with Crippen LogP contribution in [0.2, 0.25) is 0 Å². The molecule has 0 aromatic carbocycles. The minimum atomic E-state index is 0. The molecule has 0 bridgehead atoms. The number of nitrogens with one attached hydrogen (secondary N) is 1. The number of aromatic nitrogens is 1. The van der Waals surface area contributed by atoms with Gasteiger partial charge in [-0.15, -0.1) is 36.2 Å². The van der Waals surface area contributed by atoms with Crippen molar-refractivity contribution in [3.05, 3.63) is 15.6 Å². The van der Waals surface area contributed by atoms with E-state index in [9.17, 15) is 4.79 Å². The van der Waals surface area contributed by atoms with E-state index in [-0.39, 0.29) is 36.8 Å². The molecule has 0 spiro atoms. The lowest BCUT2D eigenvalue weighted by molar-refractivity contribution is 0.0607. The molecule has 1 aliphatic rings. The van der Waals surface area contributed by atoms with E-state index in [1.54, 1.807) is 11.3 Å². The van der Waals surface area contributed by atoms with Crippen LogP contribution in [0.5, 0.6) is 0 Å². The predicted octanol–water partition coefficient (Wildman–Crippen LogP) is 3.07. The summed E-state index contributed by atoms with van der Waals surface area (Å²) in [5.74, 6) is 0.151. The quantitative estimate of drug-likeness (QED) is 0.907. The number of thiazole rings is 1. The molecule has 2 heterocycles. The summed E-state index contributed by atoms with van der Waals surface area (Å²) in [6, 6.07) is 0.582. The lowest BCUT2D eigenvalue weighted by Crippen LogP contribution is -2.57. The average Bonchev–Trinajstić information content (AvgIpc) is 2.73. The fourth-order valence-electron chi connectivity index (χ4n) is 2.45. The molecule has 1 saturated heterocycles. The molecule has 1 N–H and O–H groups in total. The summed E-state index contributed by atoms with van der Waals surface area (Å²) in [6.07, 6.45) is 2.04. The summed E-state index contributed by atoms with van der Waals surface area (Å²) < 4.78 is 0. The zero-order valence-electron chi connectivity index (χ0n) is 13.0. The van der Waals surface area contributed by atoms with Crippen molar-refractivity contribution in [3.8, 4) is 0 Å². The Morgan fingerprint density at radius 1 is 1.43 bits per heavy atom. The van der Waals surface area contributed by atoms with Gasteiger partial charge in [-0.3, -0.25) is 4.79 Å². The van der Waals surface area contributed by atoms with Gasteiger partial charge in [0, 0.05) is 25.2 Å². The zero-order valence-corrected chi connectivity index (χ0v) is 15.5. The van der Waals surface area contributed by atoms with E-state index >= 15 is 0 Å². The van der Waals surface area contributed by atoms with Gasteiger partial charge in [-0.25, -0.2) is 4.98 Å². The van der Waals surface area contributed by atoms with E-state index in [2.05, 4.69) is 31.1 Å². The van der Waals surface area contributed by atoms with Crippen molar-refractivity contribution in [3.63, 3.8) is 0 Å². The third-order valence-electron chi connectivity index (χ3n) is 3.79. The Hall–Kier alpha value is -0.360. The molecule has 0 saturated carbocycles. The Balaban J connectivity index is 0.00000200. The number of rotatable bonds is 3. The van der Waals surface area contributed by atoms with Crippen LogP contribution in [0.25, 0.3) is 0 Å². The molecular weight excluding hydrogens is 329 g/mol. The van der Waals surface area contributed by atoms with Crippen molar-refractivity contribution < 1.29 is 4.79 Å². The molecule has 1 aromatic heterocycles. The molecule has 0 radical (unpaired) electrons. The second-order valence-electron chi connectivity index (χ2n) is 5.25. The van der Waals surface area contributed by atoms with Gasteiger partial charge in [-0.2, -0.15) is 0 Å². The maximum Gasteiger partial charge on any atom is 0.266 e. The molecule has 7 heteroatoms. The van der Waals surface area contributed by atoms with Crippen molar-refractivity contribution >= 4 is 42.1 Å². The van der Waals surface area contributed by atoms with Gasteiger partial charge in [-0.05, 0) is 33.6 Å². The fraction of sp³-hybridized carbons (Fsp3) is 0.714. The second kappa shape index (κ2) is 8.93. The van der Waals surface area contributed by atoms with Crippen molar-refractivity contribution in [2.45, 2.75) is 52.6 Å². The smallest absolute Gasteiger partial charge is 0.266 e. The third kappa shape index (κ3) is 4.55. The second-order valence-corrected chi connectivity index (χ2v) is 6.34. The molecule has 122 valence electrons. The van der Waals surface area contributed by atoms with E-state index in [1.807, 2.05) is 11.8 Å². The lowest BCUT2D eigenvalue weighted by Gasteiger charge is -2.38. The lowest BCUT2D eigenvalue weighted by atomic mass is 10.1. The Morgan fingerprint density at radius 2 is 2.10 bits per heavy atom. The average molecular weight is 354 g/mol. The first kappa shape index (κ1) is 20.6. The number of piperazine rings is 1. The Morgan fingerprint density at radius 3 is 2.71 bits per heavy atom. The van der Waals surface area contributed by atoms with Gasteiger partial charge in [0.15, 0.2) is 0 Å². The first-order valence-corrected chi connectivity index (χ1v) is 7.87. The van der Waals surface area contributed by atoms with E-state index in [0.29, 0.717) is 6.04 Å². The molecule has 2 atom stereocenters. The summed E-state index contributed by atoms with van der Waals surface area (Å²) in [5.41, 5.74) is 0.886. The highest BCUT2D eigenvalue weighted by atomic mass is 35.5. The first-order chi connectivity index (χ1) is 9.04. The topological polar surface area (TPSA) is 45.2 Å². The van der Waals surface area contributed by atoms with Crippen molar-refractivity contribution in [2.75, 3.05) is 13.1 Å². The minimum absolute atomic E-state index is 0. The van der Waals surface area contributed by atoms with Crippen molar-refractivity contribution in [1.29, 1.82) is 0 Å². The van der Waals surface area contributed by atoms with Crippen LogP contribution in [0, 0.1) is 6.92 Å². The molecule has 0 aliphatic carbocycles. The number of carbonyl (C=O) groups is 1. The van der Waals surface area contributed by atoms with Gasteiger partial charge in [0.25, 0.3) is 5.91 Å². The molecular formula is C14H25Cl2N3OS. The summed E-state index contributed by atoms with van der Waals surface area (Å²) in [7, 11) is 0. The van der Waals surface area contributed by atoms with Gasteiger partial charge >= 0.3 is 0 Å². The van der Waals surface area contributed by atoms with Crippen LogP contribution in [-0.2, 0) is 6.42 Å². The number of aryl methyl sites for hydroxylation is 2. The molecule has 1 aromatic rings. The maximum atomic E-state index is 12.7. The normalized spacial score (nSPS) is 21.4. The molecule has 21 heavy (non-hydrogen) atoms. The monoisotopic (exact) mass is 353 g/mol. The van der Waals surface area contributed by atoms with Crippen LogP contribution < -0.4 is 5.32 Å². The zero-order chi connectivity index (χ0) is 14.0. The van der Waals surface area contributed by atoms with E-state index < -0.39 is 0 Å². The largest absolute Gasteiger partial charge is 0.332 e. The highest BCUT2D eigenvalue weighted by Gasteiger charge is 2.30. The van der Waals surface area contributed by atoms with Crippen LogP contribution in [-0.4, -0.2) is 41.0 Å². The molecule has 2 rings (SSSR count). The van der Waals surface area contributed by atoms with E-state index in [4.69, 9.17) is 0 Å². The Bertz CT molecular complexity index is 467. The van der Waals surface area contributed by atoms with Crippen LogP contribution >= 0.6 is 36.2 Å². The number of amides is 1. The number of halogens is 2. The molecule has 2 unspecified atom stereocenters. The fourth-order valence-corrected chi connectivity index (χ4v) is 3.57. The van der Waals surface area contributed by atoms with Crippen LogP contribution in [0.1, 0.15) is 47.6 Å². The molecule has 4 nitrogen and oxygen atoms in total. The summed E-state index contributed by atoms with van der Waals surface area (Å²) in [5, 5.41) is 4.48. The van der Waals surface area contributed by atoms with E-state index in [0.717, 1.165) is 41.5 Å². The van der Waals surface area contributed by atoms with Gasteiger partial charge < -0.3 is 10.2 Å². The standard InChI is InChI=1S/C14H23N3OS.2ClH/c1-5-6-12-16-10(3)13(19-12)14(18)17-8-7-15-9(2)11(17)4;;/h9,11,15H,5-8H2,1-4H3;2*1H. The number of nitrogens with zero attached hydrogens (tertiary/aromatic N) is 2.